The third-order valence-corrected chi connectivity index (χ3v) is 6.80. The van der Waals surface area contributed by atoms with Crippen molar-refractivity contribution in [2.45, 2.75) is 33.1 Å². The van der Waals surface area contributed by atoms with Gasteiger partial charge in [0, 0.05) is 26.1 Å². The number of carbonyl (C=O) groups is 3. The Morgan fingerprint density at radius 2 is 1.35 bits per heavy atom. The number of aromatic nitrogens is 4. The average Bonchev–Trinajstić information content (AvgIpc) is 3.70. The van der Waals surface area contributed by atoms with Crippen LogP contribution in [0.4, 0.5) is 31.1 Å². The Labute approximate surface area is 320 Å². The van der Waals surface area contributed by atoms with E-state index < -0.39 is 51.5 Å². The molecular formula is C30H24Cl4F6N6O8. The second-order valence-corrected chi connectivity index (χ2v) is 11.2. The largest absolute Gasteiger partial charge is 0.464 e. The van der Waals surface area contributed by atoms with Gasteiger partial charge < -0.3 is 24.3 Å². The van der Waals surface area contributed by atoms with Crippen molar-refractivity contribution < 1.29 is 64.5 Å². The molecule has 0 unspecified atom stereocenters. The normalized spacial score (nSPS) is 10.8. The Balaban J connectivity index is 0.000000337. The maximum absolute atomic E-state index is 12.8. The number of isocyanates is 1. The van der Waals surface area contributed by atoms with Gasteiger partial charge in [-0.05, 0) is 38.1 Å². The van der Waals surface area contributed by atoms with E-state index in [1.54, 1.807) is 13.8 Å². The lowest BCUT2D eigenvalue weighted by Crippen LogP contribution is -2.31. The minimum atomic E-state index is -4.65. The molecular weight excluding hydrogens is 828 g/mol. The van der Waals surface area contributed by atoms with Crippen LogP contribution in [-0.2, 0) is 26.7 Å². The Morgan fingerprint density at radius 3 is 1.74 bits per heavy atom. The lowest BCUT2D eigenvalue weighted by atomic mass is 10.2. The number of aliphatic imine (C=N–C) groups is 1. The first kappa shape index (κ1) is 45.1. The van der Waals surface area contributed by atoms with E-state index in [0.717, 1.165) is 13.2 Å². The van der Waals surface area contributed by atoms with Crippen LogP contribution in [-0.4, -0.2) is 64.2 Å². The Morgan fingerprint density at radius 1 is 0.852 bits per heavy atom. The predicted molar refractivity (Wildman–Crippen MR) is 180 cm³/mol. The number of H-pyrrole nitrogens is 1. The van der Waals surface area contributed by atoms with Crippen molar-refractivity contribution in [2.75, 3.05) is 20.2 Å². The van der Waals surface area contributed by atoms with Gasteiger partial charge >= 0.3 is 30.3 Å². The SMILES string of the molecule is CC(=O)Oc1cc(Oc2c(Cl)cc(C(F)(F)F)cc2Cl)[nH]n1.CCN=C=O.CCNC(=O)n1nc(Oc2c(Cl)cc(C(F)(F)F)cc2Cl)cc1C(=O)OC. The van der Waals surface area contributed by atoms with Crippen LogP contribution in [0.3, 0.4) is 0 Å². The molecule has 0 fully saturated rings. The van der Waals surface area contributed by atoms with Crippen LogP contribution in [0.2, 0.25) is 20.1 Å². The average molecular weight is 852 g/mol. The van der Waals surface area contributed by atoms with Crippen LogP contribution in [0.1, 0.15) is 42.4 Å². The van der Waals surface area contributed by atoms with Gasteiger partial charge in [-0.2, -0.15) is 31.0 Å². The zero-order valence-electron chi connectivity index (χ0n) is 27.7. The molecule has 4 rings (SSSR count). The van der Waals surface area contributed by atoms with E-state index in [9.17, 15) is 40.7 Å². The summed E-state index contributed by atoms with van der Waals surface area (Å²) in [6.07, 6.45) is -7.84. The lowest BCUT2D eigenvalue weighted by molar-refractivity contribution is -0.138. The number of nitrogens with one attached hydrogen (secondary N) is 2. The number of hydrogen-bond acceptors (Lipinski definition) is 11. The molecule has 14 nitrogen and oxygen atoms in total. The molecule has 0 saturated carbocycles. The van der Waals surface area contributed by atoms with Crippen LogP contribution in [0.25, 0.3) is 0 Å². The number of aromatic amines is 1. The fourth-order valence-corrected chi connectivity index (χ4v) is 4.63. The molecule has 54 heavy (non-hydrogen) atoms. The van der Waals surface area contributed by atoms with Gasteiger partial charge in [0.25, 0.3) is 0 Å². The zero-order chi connectivity index (χ0) is 41.0. The van der Waals surface area contributed by atoms with Crippen molar-refractivity contribution in [3.8, 4) is 29.1 Å². The lowest BCUT2D eigenvalue weighted by Gasteiger charge is -2.11. The van der Waals surface area contributed by atoms with Gasteiger partial charge in [-0.25, -0.2) is 24.5 Å². The number of ether oxygens (including phenoxy) is 4. The maximum atomic E-state index is 12.8. The zero-order valence-corrected chi connectivity index (χ0v) is 30.7. The molecule has 1 amide bonds. The van der Waals surface area contributed by atoms with Crippen LogP contribution in [0.15, 0.2) is 41.4 Å². The van der Waals surface area contributed by atoms with E-state index in [2.05, 4.69) is 35.1 Å². The van der Waals surface area contributed by atoms with Gasteiger partial charge in [0.2, 0.25) is 23.7 Å². The molecule has 0 radical (unpaired) electrons. The van der Waals surface area contributed by atoms with Gasteiger partial charge in [-0.3, -0.25) is 4.79 Å². The predicted octanol–water partition coefficient (Wildman–Crippen LogP) is 9.16. The minimum Gasteiger partial charge on any atom is -0.464 e. The molecule has 0 aliphatic heterocycles. The fraction of sp³-hybridized carbons (Fsp3) is 0.267. The second kappa shape index (κ2) is 19.9. The summed E-state index contributed by atoms with van der Waals surface area (Å²) in [5, 5.41) is 10.7. The highest BCUT2D eigenvalue weighted by Crippen LogP contribution is 2.43. The Hall–Kier alpha value is -5.01. The number of halogens is 10. The van der Waals surface area contributed by atoms with E-state index in [4.69, 9.17) is 60.7 Å². The van der Waals surface area contributed by atoms with Crippen LogP contribution < -0.4 is 19.5 Å². The number of alkyl halides is 6. The summed E-state index contributed by atoms with van der Waals surface area (Å²) >= 11 is 23.2. The summed E-state index contributed by atoms with van der Waals surface area (Å²) in [7, 11) is 1.10. The smallest absolute Gasteiger partial charge is 0.416 e. The summed E-state index contributed by atoms with van der Waals surface area (Å²) in [6.45, 7) is 5.41. The number of carbonyl (C=O) groups excluding carboxylic acids is 4. The van der Waals surface area contributed by atoms with Crippen molar-refractivity contribution in [1.29, 1.82) is 0 Å². The monoisotopic (exact) mass is 850 g/mol. The number of rotatable bonds is 8. The Kier molecular flexibility index (Phi) is 16.6. The van der Waals surface area contributed by atoms with Crippen molar-refractivity contribution in [3.63, 3.8) is 0 Å². The van der Waals surface area contributed by atoms with E-state index in [1.807, 2.05) is 0 Å². The van der Waals surface area contributed by atoms with Crippen molar-refractivity contribution in [2.24, 2.45) is 4.99 Å². The number of amides is 1. The van der Waals surface area contributed by atoms with Gasteiger partial charge in [0.05, 0.1) is 44.4 Å². The van der Waals surface area contributed by atoms with E-state index in [0.29, 0.717) is 35.5 Å². The summed E-state index contributed by atoms with van der Waals surface area (Å²) in [6, 6.07) is 4.17. The number of hydrogen-bond donors (Lipinski definition) is 2. The molecule has 2 aromatic carbocycles. The molecule has 0 aliphatic carbocycles. The van der Waals surface area contributed by atoms with Gasteiger partial charge in [-0.1, -0.05) is 46.4 Å². The molecule has 292 valence electrons. The van der Waals surface area contributed by atoms with Gasteiger partial charge in [0.1, 0.15) is 0 Å². The first-order valence-corrected chi connectivity index (χ1v) is 15.9. The molecule has 2 heterocycles. The summed E-state index contributed by atoms with van der Waals surface area (Å²) in [5.74, 6) is -2.36. The quantitative estimate of drug-likeness (QED) is 0.0752. The van der Waals surface area contributed by atoms with Crippen molar-refractivity contribution in [3.05, 3.63) is 73.3 Å². The number of benzene rings is 2. The molecule has 24 heteroatoms. The van der Waals surface area contributed by atoms with E-state index in [-0.39, 0.29) is 51.4 Å². The fourth-order valence-electron chi connectivity index (χ4n) is 3.50. The third-order valence-electron chi connectivity index (χ3n) is 5.67. The highest BCUT2D eigenvalue weighted by molar-refractivity contribution is 6.38. The second-order valence-electron chi connectivity index (χ2n) is 9.57. The highest BCUT2D eigenvalue weighted by atomic mass is 35.5. The number of methoxy groups -OCH3 is 1. The molecule has 0 atom stereocenters. The standard InChI is InChI=1S/C15H12Cl2F3N3O4.C12H7Cl2F3N2O3.C3H5NO/c1-3-21-14(25)23-10(13(24)26-2)6-11(22-23)27-12-8(16)4-7(5-9(12)17)15(18,19)20;1-5(20)21-9-4-10(19-18-9)22-11-7(13)2-6(3-8(11)14)12(15,16)17;1-2-4-3-5/h4-6H,3H2,1-2H3,(H,21,25);2-4H,1H3,(H,18,19);2H2,1H3. The van der Waals surface area contributed by atoms with E-state index >= 15 is 0 Å². The molecule has 2 aromatic heterocycles. The van der Waals surface area contributed by atoms with Crippen LogP contribution in [0, 0.1) is 0 Å². The summed E-state index contributed by atoms with van der Waals surface area (Å²) in [4.78, 5) is 46.8. The number of nitrogens with zero attached hydrogens (tertiary/aromatic N) is 4. The minimum absolute atomic E-state index is 0.0141. The van der Waals surface area contributed by atoms with Crippen molar-refractivity contribution >= 4 is 70.5 Å². The first-order chi connectivity index (χ1) is 25.2. The van der Waals surface area contributed by atoms with Crippen LogP contribution in [0.5, 0.6) is 29.1 Å². The van der Waals surface area contributed by atoms with E-state index in [1.165, 1.54) is 19.1 Å². The summed E-state index contributed by atoms with van der Waals surface area (Å²) < 4.78 is 96.6. The summed E-state index contributed by atoms with van der Waals surface area (Å²) in [5.41, 5.74) is -2.33. The topological polar surface area (TPSA) is 176 Å². The third kappa shape index (κ3) is 13.1. The highest BCUT2D eigenvalue weighted by Gasteiger charge is 2.33. The van der Waals surface area contributed by atoms with Gasteiger partial charge in [0.15, 0.2) is 17.2 Å². The first-order valence-electron chi connectivity index (χ1n) is 14.4. The molecule has 0 bridgehead atoms. The van der Waals surface area contributed by atoms with Crippen molar-refractivity contribution in [1.82, 2.24) is 25.3 Å². The molecule has 4 aromatic rings. The molecule has 0 aliphatic rings. The maximum Gasteiger partial charge on any atom is 0.416 e. The Bertz CT molecular complexity index is 1970. The van der Waals surface area contributed by atoms with Gasteiger partial charge in [-0.15, -0.1) is 10.2 Å². The molecule has 0 saturated heterocycles. The number of esters is 2. The molecule has 2 N–H and O–H groups in total. The van der Waals surface area contributed by atoms with Crippen LogP contribution >= 0.6 is 46.4 Å². The molecule has 0 spiro atoms.